The number of hydrogen-bond donors (Lipinski definition) is 3. The Morgan fingerprint density at radius 2 is 1.89 bits per heavy atom. The highest BCUT2D eigenvalue weighted by molar-refractivity contribution is 6.05. The van der Waals surface area contributed by atoms with Crippen molar-refractivity contribution in [2.24, 2.45) is 5.92 Å². The minimum absolute atomic E-state index is 0.0784. The SMILES string of the molecule is CC(C)COc1ccc(C(=O)N/C(=C/c2ccco2)C(=O)NCCc2nc3ccccc3[nH]2)cc1. The minimum Gasteiger partial charge on any atom is -0.493 e. The van der Waals surface area contributed by atoms with Gasteiger partial charge in [-0.3, -0.25) is 9.59 Å². The minimum atomic E-state index is -0.428. The molecule has 3 N–H and O–H groups in total. The van der Waals surface area contributed by atoms with Crippen molar-refractivity contribution in [3.05, 3.63) is 89.8 Å². The Hall–Kier alpha value is -4.33. The standard InChI is InChI=1S/C27H28N4O4/c1-18(2)17-35-20-11-9-19(10-12-20)26(32)31-24(16-21-6-5-15-34-21)27(33)28-14-13-25-29-22-7-3-4-8-23(22)30-25/h3-12,15-16,18H,13-14,17H2,1-2H3,(H,28,33)(H,29,30)(H,31,32)/b24-16+. The van der Waals surface area contributed by atoms with E-state index in [1.165, 1.54) is 12.3 Å². The summed E-state index contributed by atoms with van der Waals surface area (Å²) >= 11 is 0. The highest BCUT2D eigenvalue weighted by atomic mass is 16.5. The lowest BCUT2D eigenvalue weighted by Crippen LogP contribution is -2.35. The van der Waals surface area contributed by atoms with Crippen LogP contribution in [0.5, 0.6) is 5.75 Å². The summed E-state index contributed by atoms with van der Waals surface area (Å²) in [7, 11) is 0. The molecule has 0 aliphatic carbocycles. The van der Waals surface area contributed by atoms with E-state index < -0.39 is 11.8 Å². The monoisotopic (exact) mass is 472 g/mol. The zero-order valence-corrected chi connectivity index (χ0v) is 19.7. The zero-order valence-electron chi connectivity index (χ0n) is 19.7. The second-order valence-electron chi connectivity index (χ2n) is 8.46. The predicted molar refractivity (Wildman–Crippen MR) is 134 cm³/mol. The van der Waals surface area contributed by atoms with E-state index in [0.717, 1.165) is 16.9 Å². The van der Waals surface area contributed by atoms with Crippen LogP contribution in [-0.4, -0.2) is 34.9 Å². The molecule has 0 fully saturated rings. The van der Waals surface area contributed by atoms with E-state index in [1.54, 1.807) is 36.4 Å². The molecule has 4 aromatic rings. The molecular weight excluding hydrogens is 444 g/mol. The quantitative estimate of drug-likeness (QED) is 0.298. The number of para-hydroxylation sites is 2. The molecule has 0 spiro atoms. The maximum absolute atomic E-state index is 12.9. The number of fused-ring (bicyclic) bond motifs is 1. The smallest absolute Gasteiger partial charge is 0.267 e. The summed E-state index contributed by atoms with van der Waals surface area (Å²) in [5.74, 6) is 1.47. The Bertz CT molecular complexity index is 1270. The highest BCUT2D eigenvalue weighted by Gasteiger charge is 2.16. The number of carbonyl (C=O) groups is 2. The molecule has 180 valence electrons. The Morgan fingerprint density at radius 3 is 2.60 bits per heavy atom. The second kappa shape index (κ2) is 11.2. The summed E-state index contributed by atoms with van der Waals surface area (Å²) in [5, 5.41) is 5.53. The number of ether oxygens (including phenoxy) is 1. The summed E-state index contributed by atoms with van der Waals surface area (Å²) in [6.45, 7) is 5.06. The Morgan fingerprint density at radius 1 is 1.09 bits per heavy atom. The van der Waals surface area contributed by atoms with Crippen LogP contribution < -0.4 is 15.4 Å². The molecule has 0 aliphatic rings. The number of hydrogen-bond acceptors (Lipinski definition) is 5. The van der Waals surface area contributed by atoms with E-state index in [4.69, 9.17) is 9.15 Å². The maximum atomic E-state index is 12.9. The van der Waals surface area contributed by atoms with E-state index in [-0.39, 0.29) is 5.70 Å². The molecule has 0 bridgehead atoms. The molecule has 2 amide bonds. The van der Waals surface area contributed by atoms with Crippen LogP contribution in [0.4, 0.5) is 0 Å². The van der Waals surface area contributed by atoms with Gasteiger partial charge in [-0.2, -0.15) is 0 Å². The Kier molecular flexibility index (Phi) is 7.62. The van der Waals surface area contributed by atoms with Crippen LogP contribution in [0.2, 0.25) is 0 Å². The van der Waals surface area contributed by atoms with Crippen molar-refractivity contribution in [1.82, 2.24) is 20.6 Å². The van der Waals surface area contributed by atoms with Crippen molar-refractivity contribution in [1.29, 1.82) is 0 Å². The van der Waals surface area contributed by atoms with Gasteiger partial charge in [-0.15, -0.1) is 0 Å². The van der Waals surface area contributed by atoms with Gasteiger partial charge in [-0.05, 0) is 54.4 Å². The van der Waals surface area contributed by atoms with Gasteiger partial charge in [0.25, 0.3) is 11.8 Å². The first kappa shape index (κ1) is 23.8. The van der Waals surface area contributed by atoms with Gasteiger partial charge < -0.3 is 24.8 Å². The number of amides is 2. The summed E-state index contributed by atoms with van der Waals surface area (Å²) in [6, 6.07) is 18.0. The predicted octanol–water partition coefficient (Wildman–Crippen LogP) is 4.32. The molecular formula is C27H28N4O4. The highest BCUT2D eigenvalue weighted by Crippen LogP contribution is 2.14. The van der Waals surface area contributed by atoms with Crippen LogP contribution in [0.1, 0.15) is 35.8 Å². The zero-order chi connectivity index (χ0) is 24.6. The number of nitrogens with one attached hydrogen (secondary N) is 3. The molecule has 35 heavy (non-hydrogen) atoms. The Balaban J connectivity index is 1.40. The molecule has 0 saturated carbocycles. The fourth-order valence-corrected chi connectivity index (χ4v) is 3.35. The third-order valence-electron chi connectivity index (χ3n) is 5.11. The molecule has 0 aliphatic heterocycles. The topological polar surface area (TPSA) is 109 Å². The molecule has 8 heteroatoms. The number of imidazole rings is 1. The van der Waals surface area contributed by atoms with E-state index in [0.29, 0.717) is 42.6 Å². The summed E-state index contributed by atoms with van der Waals surface area (Å²) < 4.78 is 11.0. The van der Waals surface area contributed by atoms with Gasteiger partial charge in [0.2, 0.25) is 0 Å². The molecule has 2 aromatic heterocycles. The van der Waals surface area contributed by atoms with E-state index in [2.05, 4.69) is 34.4 Å². The summed E-state index contributed by atoms with van der Waals surface area (Å²) in [6.07, 6.45) is 3.51. The van der Waals surface area contributed by atoms with Gasteiger partial charge in [-0.1, -0.05) is 26.0 Å². The fraction of sp³-hybridized carbons (Fsp3) is 0.222. The number of furan rings is 1. The lowest BCUT2D eigenvalue weighted by molar-refractivity contribution is -0.117. The fourth-order valence-electron chi connectivity index (χ4n) is 3.35. The molecule has 4 rings (SSSR count). The van der Waals surface area contributed by atoms with E-state index >= 15 is 0 Å². The van der Waals surface area contributed by atoms with Gasteiger partial charge in [-0.25, -0.2) is 4.98 Å². The van der Waals surface area contributed by atoms with Crippen molar-refractivity contribution < 1.29 is 18.7 Å². The van der Waals surface area contributed by atoms with Crippen molar-refractivity contribution in [3.63, 3.8) is 0 Å². The normalized spacial score (nSPS) is 11.6. The van der Waals surface area contributed by atoms with Crippen molar-refractivity contribution in [3.8, 4) is 5.75 Å². The average molecular weight is 473 g/mol. The van der Waals surface area contributed by atoms with Crippen LogP contribution in [0.25, 0.3) is 17.1 Å². The maximum Gasteiger partial charge on any atom is 0.267 e. The number of carbonyl (C=O) groups excluding carboxylic acids is 2. The lowest BCUT2D eigenvalue weighted by atomic mass is 10.2. The van der Waals surface area contributed by atoms with Crippen LogP contribution >= 0.6 is 0 Å². The third kappa shape index (κ3) is 6.60. The summed E-state index contributed by atoms with van der Waals surface area (Å²) in [5.41, 5.74) is 2.30. The van der Waals surface area contributed by atoms with Crippen molar-refractivity contribution in [2.45, 2.75) is 20.3 Å². The van der Waals surface area contributed by atoms with Gasteiger partial charge in [0.15, 0.2) is 0 Å². The number of aromatic nitrogens is 2. The largest absolute Gasteiger partial charge is 0.493 e. The number of nitrogens with zero attached hydrogens (tertiary/aromatic N) is 1. The number of benzene rings is 2. The van der Waals surface area contributed by atoms with Crippen LogP contribution in [0, 0.1) is 5.92 Å². The average Bonchev–Trinajstić information content (AvgIpc) is 3.52. The van der Waals surface area contributed by atoms with Gasteiger partial charge >= 0.3 is 0 Å². The van der Waals surface area contributed by atoms with Gasteiger partial charge in [0.1, 0.15) is 23.0 Å². The molecule has 0 saturated heterocycles. The number of rotatable bonds is 10. The number of H-pyrrole nitrogens is 1. The van der Waals surface area contributed by atoms with Crippen LogP contribution in [0.3, 0.4) is 0 Å². The van der Waals surface area contributed by atoms with E-state index in [1.807, 2.05) is 24.3 Å². The lowest BCUT2D eigenvalue weighted by Gasteiger charge is -2.11. The van der Waals surface area contributed by atoms with Crippen molar-refractivity contribution in [2.75, 3.05) is 13.2 Å². The molecule has 0 atom stereocenters. The van der Waals surface area contributed by atoms with Crippen LogP contribution in [0.15, 0.2) is 77.0 Å². The first-order chi connectivity index (χ1) is 17.0. The molecule has 2 heterocycles. The Labute approximate surface area is 203 Å². The number of aromatic amines is 1. The second-order valence-corrected chi connectivity index (χ2v) is 8.46. The first-order valence-electron chi connectivity index (χ1n) is 11.5. The third-order valence-corrected chi connectivity index (χ3v) is 5.11. The van der Waals surface area contributed by atoms with Gasteiger partial charge in [0, 0.05) is 24.6 Å². The molecule has 2 aromatic carbocycles. The summed E-state index contributed by atoms with van der Waals surface area (Å²) in [4.78, 5) is 33.5. The molecule has 0 radical (unpaired) electrons. The van der Waals surface area contributed by atoms with Crippen LogP contribution in [-0.2, 0) is 11.2 Å². The first-order valence-corrected chi connectivity index (χ1v) is 11.5. The molecule has 0 unspecified atom stereocenters. The molecule has 8 nitrogen and oxygen atoms in total. The van der Waals surface area contributed by atoms with Crippen molar-refractivity contribution >= 4 is 28.9 Å². The van der Waals surface area contributed by atoms with E-state index in [9.17, 15) is 9.59 Å². The van der Waals surface area contributed by atoms with Gasteiger partial charge in [0.05, 0.1) is 23.9 Å².